The first kappa shape index (κ1) is 20.7. The molecule has 3 aromatic carbocycles. The van der Waals surface area contributed by atoms with E-state index >= 15 is 0 Å². The Labute approximate surface area is 166 Å². The molecule has 29 heavy (non-hydrogen) atoms. The van der Waals surface area contributed by atoms with Gasteiger partial charge >= 0.3 is 6.36 Å². The van der Waals surface area contributed by atoms with Gasteiger partial charge in [0.25, 0.3) is 0 Å². The van der Waals surface area contributed by atoms with Gasteiger partial charge in [-0.15, -0.1) is 13.2 Å². The van der Waals surface area contributed by atoms with Crippen LogP contribution in [0.2, 0.25) is 0 Å². The average molecular weight is 404 g/mol. The first-order valence-electron chi connectivity index (χ1n) is 9.24. The van der Waals surface area contributed by atoms with Crippen LogP contribution in [0.25, 0.3) is 22.3 Å². The van der Waals surface area contributed by atoms with Crippen LogP contribution in [0.3, 0.4) is 0 Å². The lowest BCUT2D eigenvalue weighted by molar-refractivity contribution is -0.274. The van der Waals surface area contributed by atoms with E-state index in [1.165, 1.54) is 18.2 Å². The fourth-order valence-corrected chi connectivity index (χ4v) is 2.85. The largest absolute Gasteiger partial charge is 0.573 e. The van der Waals surface area contributed by atoms with E-state index in [2.05, 4.69) is 11.7 Å². The second kappa shape index (κ2) is 8.99. The van der Waals surface area contributed by atoms with Gasteiger partial charge in [0.2, 0.25) is 0 Å². The standard InChI is InChI=1S/C23H20F4O2/c1-2-3-14-28-20-12-13-21(22(24)15-20)18-6-4-16(5-7-18)17-8-10-19(11-9-17)29-23(25,26)27/h4-13,15H,2-3,14H2,1H3. The summed E-state index contributed by atoms with van der Waals surface area (Å²) in [5, 5.41) is 0. The van der Waals surface area contributed by atoms with Crippen molar-refractivity contribution in [1.82, 2.24) is 0 Å². The SMILES string of the molecule is CCCCOc1ccc(-c2ccc(-c3ccc(OC(F)(F)F)cc3)cc2)c(F)c1. The number of halogens is 4. The summed E-state index contributed by atoms with van der Waals surface area (Å²) in [6.45, 7) is 2.61. The van der Waals surface area contributed by atoms with Crippen LogP contribution in [0.1, 0.15) is 19.8 Å². The van der Waals surface area contributed by atoms with Crippen LogP contribution in [0, 0.1) is 5.82 Å². The Kier molecular flexibility index (Phi) is 6.42. The van der Waals surface area contributed by atoms with E-state index < -0.39 is 6.36 Å². The van der Waals surface area contributed by atoms with E-state index in [4.69, 9.17) is 4.74 Å². The topological polar surface area (TPSA) is 18.5 Å². The molecule has 0 aliphatic carbocycles. The lowest BCUT2D eigenvalue weighted by Crippen LogP contribution is -2.16. The highest BCUT2D eigenvalue weighted by Gasteiger charge is 2.30. The summed E-state index contributed by atoms with van der Waals surface area (Å²) >= 11 is 0. The quantitative estimate of drug-likeness (QED) is 0.305. The Morgan fingerprint density at radius 1 is 0.759 bits per heavy atom. The minimum Gasteiger partial charge on any atom is -0.493 e. The summed E-state index contributed by atoms with van der Waals surface area (Å²) in [6.07, 6.45) is -2.80. The lowest BCUT2D eigenvalue weighted by atomic mass is 10.00. The van der Waals surface area contributed by atoms with E-state index in [1.54, 1.807) is 48.5 Å². The van der Waals surface area contributed by atoms with Crippen molar-refractivity contribution in [3.63, 3.8) is 0 Å². The van der Waals surface area contributed by atoms with Crippen molar-refractivity contribution in [1.29, 1.82) is 0 Å². The van der Waals surface area contributed by atoms with Crippen molar-refractivity contribution in [3.8, 4) is 33.8 Å². The van der Waals surface area contributed by atoms with E-state index in [-0.39, 0.29) is 11.6 Å². The number of ether oxygens (including phenoxy) is 2. The summed E-state index contributed by atoms with van der Waals surface area (Å²) in [6, 6.07) is 17.5. The van der Waals surface area contributed by atoms with Crippen LogP contribution in [0.15, 0.2) is 66.7 Å². The van der Waals surface area contributed by atoms with E-state index in [9.17, 15) is 17.6 Å². The zero-order valence-electron chi connectivity index (χ0n) is 15.8. The van der Waals surface area contributed by atoms with Crippen LogP contribution in [0.4, 0.5) is 17.6 Å². The average Bonchev–Trinajstić information content (AvgIpc) is 2.68. The highest BCUT2D eigenvalue weighted by Crippen LogP contribution is 2.30. The lowest BCUT2D eigenvalue weighted by Gasteiger charge is -2.10. The van der Waals surface area contributed by atoms with E-state index in [1.807, 2.05) is 0 Å². The summed E-state index contributed by atoms with van der Waals surface area (Å²) in [5.41, 5.74) is 2.68. The molecule has 0 aliphatic heterocycles. The van der Waals surface area contributed by atoms with Gasteiger partial charge in [0.05, 0.1) is 6.61 Å². The number of alkyl halides is 3. The molecule has 0 spiro atoms. The molecule has 3 aromatic rings. The first-order valence-corrected chi connectivity index (χ1v) is 9.24. The van der Waals surface area contributed by atoms with Gasteiger partial charge in [-0.1, -0.05) is 49.7 Å². The summed E-state index contributed by atoms with van der Waals surface area (Å²) in [4.78, 5) is 0. The number of rotatable bonds is 7. The van der Waals surface area contributed by atoms with Crippen LogP contribution in [-0.4, -0.2) is 13.0 Å². The van der Waals surface area contributed by atoms with Crippen LogP contribution in [-0.2, 0) is 0 Å². The minimum atomic E-state index is -4.72. The second-order valence-electron chi connectivity index (χ2n) is 6.49. The fraction of sp³-hybridized carbons (Fsp3) is 0.217. The Morgan fingerprint density at radius 2 is 1.31 bits per heavy atom. The molecular weight excluding hydrogens is 384 g/mol. The van der Waals surface area contributed by atoms with Gasteiger partial charge in [-0.2, -0.15) is 0 Å². The molecule has 152 valence electrons. The normalized spacial score (nSPS) is 11.3. The molecule has 0 atom stereocenters. The predicted octanol–water partition coefficient (Wildman–Crippen LogP) is 7.24. The third-order valence-electron chi connectivity index (χ3n) is 4.32. The molecular formula is C23H20F4O2. The molecule has 0 aromatic heterocycles. The van der Waals surface area contributed by atoms with Crippen molar-refractivity contribution in [2.45, 2.75) is 26.1 Å². The van der Waals surface area contributed by atoms with Crippen LogP contribution in [0.5, 0.6) is 11.5 Å². The third kappa shape index (κ3) is 5.73. The highest BCUT2D eigenvalue weighted by atomic mass is 19.4. The molecule has 6 heteroatoms. The number of hydrogen-bond acceptors (Lipinski definition) is 2. The van der Waals surface area contributed by atoms with Gasteiger partial charge in [0.1, 0.15) is 17.3 Å². The monoisotopic (exact) mass is 404 g/mol. The molecule has 0 heterocycles. The molecule has 0 bridgehead atoms. The molecule has 0 aliphatic rings. The summed E-state index contributed by atoms with van der Waals surface area (Å²) in [7, 11) is 0. The molecule has 0 radical (unpaired) electrons. The molecule has 2 nitrogen and oxygen atoms in total. The molecule has 0 fully saturated rings. The van der Waals surface area contributed by atoms with Crippen molar-refractivity contribution in [2.24, 2.45) is 0 Å². The van der Waals surface area contributed by atoms with Crippen molar-refractivity contribution in [2.75, 3.05) is 6.61 Å². The van der Waals surface area contributed by atoms with Gasteiger partial charge in [-0.3, -0.25) is 0 Å². The van der Waals surface area contributed by atoms with E-state index in [0.717, 1.165) is 24.0 Å². The Balaban J connectivity index is 1.73. The van der Waals surface area contributed by atoms with E-state index in [0.29, 0.717) is 23.5 Å². The number of unbranched alkanes of at least 4 members (excludes halogenated alkanes) is 1. The summed E-state index contributed by atoms with van der Waals surface area (Å²) < 4.78 is 60.6. The van der Waals surface area contributed by atoms with Gasteiger partial charge in [0.15, 0.2) is 0 Å². The Hall–Kier alpha value is -3.02. The first-order chi connectivity index (χ1) is 13.9. The zero-order valence-corrected chi connectivity index (χ0v) is 15.8. The molecule has 0 saturated carbocycles. The predicted molar refractivity (Wildman–Crippen MR) is 104 cm³/mol. The molecule has 0 amide bonds. The molecule has 0 saturated heterocycles. The maximum absolute atomic E-state index is 14.5. The number of hydrogen-bond donors (Lipinski definition) is 0. The van der Waals surface area contributed by atoms with Crippen LogP contribution < -0.4 is 9.47 Å². The summed E-state index contributed by atoms with van der Waals surface area (Å²) in [5.74, 6) is -0.154. The minimum absolute atomic E-state index is 0.277. The maximum atomic E-state index is 14.5. The van der Waals surface area contributed by atoms with Gasteiger partial charge < -0.3 is 9.47 Å². The van der Waals surface area contributed by atoms with Crippen LogP contribution >= 0.6 is 0 Å². The van der Waals surface area contributed by atoms with Crippen molar-refractivity contribution in [3.05, 3.63) is 72.5 Å². The highest BCUT2D eigenvalue weighted by molar-refractivity contribution is 5.71. The molecule has 3 rings (SSSR count). The maximum Gasteiger partial charge on any atom is 0.573 e. The third-order valence-corrected chi connectivity index (χ3v) is 4.32. The second-order valence-corrected chi connectivity index (χ2v) is 6.49. The Bertz CT molecular complexity index is 933. The van der Waals surface area contributed by atoms with Gasteiger partial charge in [0, 0.05) is 11.6 Å². The van der Waals surface area contributed by atoms with Gasteiger partial charge in [-0.25, -0.2) is 4.39 Å². The van der Waals surface area contributed by atoms with Crippen molar-refractivity contribution >= 4 is 0 Å². The smallest absolute Gasteiger partial charge is 0.493 e. The number of benzene rings is 3. The Morgan fingerprint density at radius 3 is 1.86 bits per heavy atom. The fourth-order valence-electron chi connectivity index (χ4n) is 2.85. The molecule has 0 N–H and O–H groups in total. The zero-order chi connectivity index (χ0) is 20.9. The van der Waals surface area contributed by atoms with Gasteiger partial charge in [-0.05, 0) is 47.4 Å². The van der Waals surface area contributed by atoms with Crippen molar-refractivity contribution < 1.29 is 27.0 Å². The molecule has 0 unspecified atom stereocenters.